The number of hydrogen-bond donors (Lipinski definition) is 1. The van der Waals surface area contributed by atoms with Crippen LogP contribution in [0.25, 0.3) is 6.08 Å². The number of amides is 2. The Labute approximate surface area is 227 Å². The van der Waals surface area contributed by atoms with E-state index in [2.05, 4.69) is 24.1 Å². The monoisotopic (exact) mass is 541 g/mol. The molecule has 0 spiro atoms. The van der Waals surface area contributed by atoms with E-state index in [4.69, 9.17) is 21.7 Å². The lowest BCUT2D eigenvalue weighted by Crippen LogP contribution is -2.31. The van der Waals surface area contributed by atoms with Gasteiger partial charge in [-0.2, -0.15) is 0 Å². The van der Waals surface area contributed by atoms with Gasteiger partial charge in [0, 0.05) is 25.2 Å². The van der Waals surface area contributed by atoms with E-state index in [1.54, 1.807) is 37.5 Å². The summed E-state index contributed by atoms with van der Waals surface area (Å²) < 4.78 is 10.9. The molecule has 1 aliphatic heterocycles. The summed E-state index contributed by atoms with van der Waals surface area (Å²) in [5, 5.41) is 2.78. The zero-order chi connectivity index (χ0) is 26.8. The van der Waals surface area contributed by atoms with E-state index < -0.39 is 5.97 Å². The molecule has 0 aliphatic carbocycles. The first-order valence-electron chi connectivity index (χ1n) is 12.0. The zero-order valence-corrected chi connectivity index (χ0v) is 22.8. The number of likely N-dealkylation sites (N-methyl/N-ethyl adjacent to an activating group) is 1. The van der Waals surface area contributed by atoms with Gasteiger partial charge in [-0.15, -0.1) is 0 Å². The summed E-state index contributed by atoms with van der Waals surface area (Å²) in [6.45, 7) is 7.12. The minimum atomic E-state index is -0.401. The van der Waals surface area contributed by atoms with Crippen LogP contribution in [-0.4, -0.2) is 71.8 Å². The highest BCUT2D eigenvalue weighted by molar-refractivity contribution is 8.26. The molecule has 3 rings (SSSR count). The van der Waals surface area contributed by atoms with Gasteiger partial charge >= 0.3 is 5.97 Å². The first-order valence-corrected chi connectivity index (χ1v) is 13.3. The Balaban J connectivity index is 1.47. The molecule has 196 valence electrons. The van der Waals surface area contributed by atoms with Crippen LogP contribution in [0.2, 0.25) is 0 Å². The number of anilines is 1. The number of ether oxygens (including phenoxy) is 2. The highest BCUT2D eigenvalue weighted by Crippen LogP contribution is 2.32. The van der Waals surface area contributed by atoms with Crippen LogP contribution >= 0.6 is 24.0 Å². The third kappa shape index (κ3) is 8.14. The standard InChI is InChI=1S/C27H31N3O5S2/c1-4-29(5-2)16-17-35-26(33)20-8-10-21(11-9-20)28-24(31)14-15-30-25(32)23(37-27(30)36)18-19-6-12-22(34-3)13-7-19/h6-13,18H,4-5,14-17H2,1-3H3,(H,28,31)/b23-18-. The minimum Gasteiger partial charge on any atom is -0.497 e. The third-order valence-electron chi connectivity index (χ3n) is 5.79. The average molecular weight is 542 g/mol. The van der Waals surface area contributed by atoms with Crippen LogP contribution in [0.15, 0.2) is 53.4 Å². The van der Waals surface area contributed by atoms with Gasteiger partial charge < -0.3 is 19.7 Å². The lowest BCUT2D eigenvalue weighted by atomic mass is 10.2. The molecule has 1 heterocycles. The van der Waals surface area contributed by atoms with Crippen molar-refractivity contribution in [3.63, 3.8) is 0 Å². The Hall–Kier alpha value is -3.21. The fourth-order valence-electron chi connectivity index (χ4n) is 3.56. The molecule has 37 heavy (non-hydrogen) atoms. The Morgan fingerprint density at radius 2 is 1.76 bits per heavy atom. The lowest BCUT2D eigenvalue weighted by Gasteiger charge is -2.17. The maximum Gasteiger partial charge on any atom is 0.338 e. The van der Waals surface area contributed by atoms with Crippen LogP contribution < -0.4 is 10.1 Å². The van der Waals surface area contributed by atoms with Crippen molar-refractivity contribution < 1.29 is 23.9 Å². The van der Waals surface area contributed by atoms with E-state index in [0.29, 0.717) is 33.6 Å². The predicted molar refractivity (Wildman–Crippen MR) is 151 cm³/mol. The number of hydrogen-bond acceptors (Lipinski definition) is 8. The Kier molecular flexibility index (Phi) is 10.7. The molecule has 1 saturated heterocycles. The average Bonchev–Trinajstić information content (AvgIpc) is 3.17. The molecule has 1 N–H and O–H groups in total. The third-order valence-corrected chi connectivity index (χ3v) is 7.17. The van der Waals surface area contributed by atoms with Gasteiger partial charge in [-0.1, -0.05) is 50.0 Å². The van der Waals surface area contributed by atoms with Crippen LogP contribution in [0.4, 0.5) is 5.69 Å². The number of thioether (sulfide) groups is 1. The van der Waals surface area contributed by atoms with Gasteiger partial charge in [0.25, 0.3) is 5.91 Å². The molecular weight excluding hydrogens is 510 g/mol. The number of esters is 1. The van der Waals surface area contributed by atoms with Gasteiger partial charge in [0.1, 0.15) is 16.7 Å². The van der Waals surface area contributed by atoms with Crippen molar-refractivity contribution in [2.24, 2.45) is 0 Å². The van der Waals surface area contributed by atoms with Gasteiger partial charge in [-0.05, 0) is 61.1 Å². The van der Waals surface area contributed by atoms with Crippen molar-refractivity contribution >= 4 is 57.8 Å². The topological polar surface area (TPSA) is 88.2 Å². The molecule has 2 aromatic carbocycles. The fraction of sp³-hybridized carbons (Fsp3) is 0.333. The molecule has 0 atom stereocenters. The number of carbonyl (C=O) groups excluding carboxylic acids is 3. The van der Waals surface area contributed by atoms with Crippen molar-refractivity contribution in [1.29, 1.82) is 0 Å². The molecule has 2 amide bonds. The Bertz CT molecular complexity index is 1150. The lowest BCUT2D eigenvalue weighted by molar-refractivity contribution is -0.122. The molecular formula is C27H31N3O5S2. The number of carbonyl (C=O) groups is 3. The van der Waals surface area contributed by atoms with E-state index in [9.17, 15) is 14.4 Å². The highest BCUT2D eigenvalue weighted by atomic mass is 32.2. The van der Waals surface area contributed by atoms with Gasteiger partial charge in [0.2, 0.25) is 5.91 Å². The molecule has 0 aromatic heterocycles. The van der Waals surface area contributed by atoms with Crippen LogP contribution in [0, 0.1) is 0 Å². The summed E-state index contributed by atoms with van der Waals surface area (Å²) in [5.74, 6) is -0.150. The molecule has 1 fully saturated rings. The highest BCUT2D eigenvalue weighted by Gasteiger charge is 2.32. The number of nitrogens with zero attached hydrogens (tertiary/aromatic N) is 2. The van der Waals surface area contributed by atoms with E-state index in [1.807, 2.05) is 24.3 Å². The quantitative estimate of drug-likeness (QED) is 0.240. The smallest absolute Gasteiger partial charge is 0.338 e. The summed E-state index contributed by atoms with van der Waals surface area (Å²) in [4.78, 5) is 41.6. The molecule has 0 unspecified atom stereocenters. The van der Waals surface area contributed by atoms with E-state index >= 15 is 0 Å². The van der Waals surface area contributed by atoms with Crippen molar-refractivity contribution in [3.8, 4) is 5.75 Å². The van der Waals surface area contributed by atoms with Crippen LogP contribution in [0.1, 0.15) is 36.2 Å². The summed E-state index contributed by atoms with van der Waals surface area (Å²) in [6.07, 6.45) is 1.85. The summed E-state index contributed by atoms with van der Waals surface area (Å²) in [6, 6.07) is 13.9. The molecule has 0 radical (unpaired) electrons. The van der Waals surface area contributed by atoms with Crippen molar-refractivity contribution in [2.45, 2.75) is 20.3 Å². The van der Waals surface area contributed by atoms with Gasteiger partial charge in [0.15, 0.2) is 0 Å². The van der Waals surface area contributed by atoms with Gasteiger partial charge in [0.05, 0.1) is 17.6 Å². The zero-order valence-electron chi connectivity index (χ0n) is 21.2. The summed E-state index contributed by atoms with van der Waals surface area (Å²) in [5.41, 5.74) is 1.82. The second-order valence-electron chi connectivity index (χ2n) is 8.14. The predicted octanol–water partition coefficient (Wildman–Crippen LogP) is 4.42. The number of benzene rings is 2. The number of thiocarbonyl (C=S) groups is 1. The van der Waals surface area contributed by atoms with Gasteiger partial charge in [-0.25, -0.2) is 4.79 Å². The van der Waals surface area contributed by atoms with E-state index in [1.165, 1.54) is 16.7 Å². The maximum atomic E-state index is 12.8. The minimum absolute atomic E-state index is 0.0808. The number of rotatable bonds is 12. The largest absolute Gasteiger partial charge is 0.497 e. The molecule has 10 heteroatoms. The Morgan fingerprint density at radius 1 is 1.08 bits per heavy atom. The second-order valence-corrected chi connectivity index (χ2v) is 9.82. The first kappa shape index (κ1) is 28.4. The van der Waals surface area contributed by atoms with Crippen molar-refractivity contribution in [2.75, 3.05) is 45.2 Å². The molecule has 1 aliphatic rings. The first-order chi connectivity index (χ1) is 17.8. The maximum absolute atomic E-state index is 12.8. The molecule has 8 nitrogen and oxygen atoms in total. The molecule has 0 saturated carbocycles. The van der Waals surface area contributed by atoms with Crippen molar-refractivity contribution in [1.82, 2.24) is 9.80 Å². The van der Waals surface area contributed by atoms with Crippen LogP contribution in [0.5, 0.6) is 5.75 Å². The Morgan fingerprint density at radius 3 is 2.38 bits per heavy atom. The molecule has 0 bridgehead atoms. The van der Waals surface area contributed by atoms with Gasteiger partial charge in [-0.3, -0.25) is 14.5 Å². The summed E-state index contributed by atoms with van der Waals surface area (Å²) in [7, 11) is 1.59. The SMILES string of the molecule is CCN(CC)CCOC(=O)c1ccc(NC(=O)CCN2C(=O)/C(=C/c3ccc(OC)cc3)SC2=S)cc1. The fourth-order valence-corrected chi connectivity index (χ4v) is 4.87. The van der Waals surface area contributed by atoms with Crippen LogP contribution in [-0.2, 0) is 14.3 Å². The number of nitrogens with one attached hydrogen (secondary N) is 1. The molecule has 2 aromatic rings. The number of methoxy groups -OCH3 is 1. The van der Waals surface area contributed by atoms with Crippen LogP contribution in [0.3, 0.4) is 0 Å². The normalized spacial score (nSPS) is 14.4. The summed E-state index contributed by atoms with van der Waals surface area (Å²) >= 11 is 6.57. The van der Waals surface area contributed by atoms with Crippen molar-refractivity contribution in [3.05, 3.63) is 64.6 Å². The van der Waals surface area contributed by atoms with E-state index in [-0.39, 0.29) is 24.8 Å². The van der Waals surface area contributed by atoms with E-state index in [0.717, 1.165) is 24.4 Å². The second kappa shape index (κ2) is 13.9.